The molecule has 1 aromatic rings. The molecule has 2 atom stereocenters. The predicted molar refractivity (Wildman–Crippen MR) is 81.1 cm³/mol. The number of hydrogen-bond acceptors (Lipinski definition) is 3. The lowest BCUT2D eigenvalue weighted by atomic mass is 9.96. The highest BCUT2D eigenvalue weighted by atomic mass is 16.2. The van der Waals surface area contributed by atoms with Crippen LogP contribution in [0.4, 0.5) is 5.69 Å². The maximum Gasteiger partial charge on any atom is 0.254 e. The fourth-order valence-corrected chi connectivity index (χ4v) is 3.19. The molecule has 3 rings (SSSR count). The second-order valence-electron chi connectivity index (χ2n) is 6.05. The third-order valence-corrected chi connectivity index (χ3v) is 4.43. The van der Waals surface area contributed by atoms with Gasteiger partial charge in [-0.3, -0.25) is 9.59 Å². The summed E-state index contributed by atoms with van der Waals surface area (Å²) in [6, 6.07) is 5.92. The van der Waals surface area contributed by atoms with Gasteiger partial charge in [0.25, 0.3) is 5.91 Å². The Morgan fingerprint density at radius 3 is 2.95 bits per heavy atom. The first-order valence-corrected chi connectivity index (χ1v) is 7.54. The molecule has 0 aliphatic carbocycles. The molecular weight excluding hydrogens is 266 g/mol. The lowest BCUT2D eigenvalue weighted by Gasteiger charge is -2.36. The Bertz CT molecular complexity index is 585. The van der Waals surface area contributed by atoms with E-state index in [1.165, 1.54) is 0 Å². The molecule has 112 valence electrons. The van der Waals surface area contributed by atoms with Gasteiger partial charge in [0.05, 0.1) is 0 Å². The number of hydrogen-bond donors (Lipinski definition) is 2. The van der Waals surface area contributed by atoms with Crippen LogP contribution in [0.1, 0.15) is 42.1 Å². The van der Waals surface area contributed by atoms with Gasteiger partial charge in [-0.1, -0.05) is 0 Å². The number of amides is 2. The standard InChI is InChI=1S/C16H21N3O2/c1-10-8-13(17)6-7-19(10)16(21)12-2-4-14-11(9-12)3-5-15(20)18-14/h2,4,9-10,13H,3,5-8,17H2,1H3,(H,18,20)/t10-,13+/m1/s1. The zero-order valence-corrected chi connectivity index (χ0v) is 12.3. The van der Waals surface area contributed by atoms with Gasteiger partial charge in [0.2, 0.25) is 5.91 Å². The fraction of sp³-hybridized carbons (Fsp3) is 0.500. The van der Waals surface area contributed by atoms with E-state index < -0.39 is 0 Å². The minimum atomic E-state index is 0.0419. The van der Waals surface area contributed by atoms with Crippen molar-refractivity contribution in [2.45, 2.75) is 44.7 Å². The smallest absolute Gasteiger partial charge is 0.254 e. The molecule has 1 aromatic carbocycles. The Labute approximate surface area is 124 Å². The maximum atomic E-state index is 12.7. The van der Waals surface area contributed by atoms with Crippen molar-refractivity contribution in [3.05, 3.63) is 29.3 Å². The van der Waals surface area contributed by atoms with Crippen LogP contribution >= 0.6 is 0 Å². The molecule has 1 saturated heterocycles. The molecule has 1 fully saturated rings. The van der Waals surface area contributed by atoms with Gasteiger partial charge in [0.1, 0.15) is 0 Å². The molecule has 5 heteroatoms. The normalized spacial score (nSPS) is 25.2. The first-order valence-electron chi connectivity index (χ1n) is 7.54. The van der Waals surface area contributed by atoms with Gasteiger partial charge in [-0.25, -0.2) is 0 Å². The number of carbonyl (C=O) groups excluding carboxylic acids is 2. The highest BCUT2D eigenvalue weighted by Gasteiger charge is 2.28. The predicted octanol–water partition coefficient (Wildman–Crippen LogP) is 1.52. The third-order valence-electron chi connectivity index (χ3n) is 4.43. The molecule has 2 heterocycles. The summed E-state index contributed by atoms with van der Waals surface area (Å²) < 4.78 is 0. The Morgan fingerprint density at radius 2 is 2.19 bits per heavy atom. The van der Waals surface area contributed by atoms with Crippen LogP contribution in [-0.4, -0.2) is 35.3 Å². The summed E-state index contributed by atoms with van der Waals surface area (Å²) in [5.41, 5.74) is 8.53. The number of nitrogens with zero attached hydrogens (tertiary/aromatic N) is 1. The lowest BCUT2D eigenvalue weighted by molar-refractivity contribution is -0.116. The van der Waals surface area contributed by atoms with E-state index in [1.807, 2.05) is 17.0 Å². The molecule has 5 nitrogen and oxygen atoms in total. The third kappa shape index (κ3) is 2.78. The average molecular weight is 287 g/mol. The molecule has 0 unspecified atom stereocenters. The summed E-state index contributed by atoms with van der Waals surface area (Å²) in [6.07, 6.45) is 2.89. The van der Waals surface area contributed by atoms with Crippen LogP contribution in [0.15, 0.2) is 18.2 Å². The quantitative estimate of drug-likeness (QED) is 0.822. The SMILES string of the molecule is C[C@@H]1C[C@@H](N)CCN1C(=O)c1ccc2c(c1)CCC(=O)N2. The number of anilines is 1. The highest BCUT2D eigenvalue weighted by molar-refractivity contribution is 5.98. The van der Waals surface area contributed by atoms with Crippen molar-refractivity contribution >= 4 is 17.5 Å². The summed E-state index contributed by atoms with van der Waals surface area (Å²) >= 11 is 0. The summed E-state index contributed by atoms with van der Waals surface area (Å²) in [5, 5.41) is 2.84. The Kier molecular flexibility index (Phi) is 3.68. The molecule has 0 spiro atoms. The molecule has 3 N–H and O–H groups in total. The second-order valence-corrected chi connectivity index (χ2v) is 6.05. The van der Waals surface area contributed by atoms with E-state index in [1.54, 1.807) is 6.07 Å². The Hall–Kier alpha value is -1.88. The monoisotopic (exact) mass is 287 g/mol. The number of rotatable bonds is 1. The maximum absolute atomic E-state index is 12.7. The van der Waals surface area contributed by atoms with Crippen LogP contribution in [0.2, 0.25) is 0 Å². The average Bonchev–Trinajstić information content (AvgIpc) is 2.46. The number of nitrogens with two attached hydrogens (primary N) is 1. The number of benzene rings is 1. The van der Waals surface area contributed by atoms with E-state index in [0.717, 1.165) is 30.6 Å². The number of fused-ring (bicyclic) bond motifs is 1. The topological polar surface area (TPSA) is 75.4 Å². The van der Waals surface area contributed by atoms with Gasteiger partial charge in [0, 0.05) is 36.3 Å². The first-order chi connectivity index (χ1) is 10.0. The van der Waals surface area contributed by atoms with Crippen molar-refractivity contribution in [1.29, 1.82) is 0 Å². The Morgan fingerprint density at radius 1 is 1.38 bits per heavy atom. The van der Waals surface area contributed by atoms with Crippen molar-refractivity contribution in [1.82, 2.24) is 4.90 Å². The van der Waals surface area contributed by atoms with Crippen LogP contribution in [-0.2, 0) is 11.2 Å². The van der Waals surface area contributed by atoms with Gasteiger partial charge in [-0.05, 0) is 49.9 Å². The zero-order chi connectivity index (χ0) is 15.0. The van der Waals surface area contributed by atoms with Gasteiger partial charge < -0.3 is 16.0 Å². The van der Waals surface area contributed by atoms with E-state index in [2.05, 4.69) is 12.2 Å². The summed E-state index contributed by atoms with van der Waals surface area (Å²) in [7, 11) is 0. The van der Waals surface area contributed by atoms with Gasteiger partial charge in [0.15, 0.2) is 0 Å². The largest absolute Gasteiger partial charge is 0.336 e. The van der Waals surface area contributed by atoms with E-state index in [-0.39, 0.29) is 23.9 Å². The fourth-order valence-electron chi connectivity index (χ4n) is 3.19. The van der Waals surface area contributed by atoms with Crippen LogP contribution < -0.4 is 11.1 Å². The van der Waals surface area contributed by atoms with Crippen molar-refractivity contribution < 1.29 is 9.59 Å². The first kappa shape index (κ1) is 14.1. The van der Waals surface area contributed by atoms with E-state index in [0.29, 0.717) is 18.4 Å². The summed E-state index contributed by atoms with van der Waals surface area (Å²) in [5.74, 6) is 0.106. The van der Waals surface area contributed by atoms with Gasteiger partial charge >= 0.3 is 0 Å². The van der Waals surface area contributed by atoms with Crippen molar-refractivity contribution in [3.8, 4) is 0 Å². The van der Waals surface area contributed by atoms with E-state index in [9.17, 15) is 9.59 Å². The Balaban J connectivity index is 1.80. The second kappa shape index (κ2) is 5.48. The van der Waals surface area contributed by atoms with Crippen LogP contribution in [0.25, 0.3) is 0 Å². The molecule has 0 aromatic heterocycles. The molecule has 2 amide bonds. The number of carbonyl (C=O) groups is 2. The molecule has 0 bridgehead atoms. The minimum absolute atomic E-state index is 0.0419. The molecule has 0 radical (unpaired) electrons. The molecular formula is C16H21N3O2. The number of nitrogens with one attached hydrogen (secondary N) is 1. The lowest BCUT2D eigenvalue weighted by Crippen LogP contribution is -2.48. The number of likely N-dealkylation sites (tertiary alicyclic amines) is 1. The molecule has 2 aliphatic rings. The minimum Gasteiger partial charge on any atom is -0.336 e. The number of aryl methyl sites for hydroxylation is 1. The van der Waals surface area contributed by atoms with Crippen LogP contribution in [0.5, 0.6) is 0 Å². The number of piperidine rings is 1. The van der Waals surface area contributed by atoms with Crippen molar-refractivity contribution in [2.24, 2.45) is 5.73 Å². The summed E-state index contributed by atoms with van der Waals surface area (Å²) in [4.78, 5) is 25.9. The van der Waals surface area contributed by atoms with Gasteiger partial charge in [-0.2, -0.15) is 0 Å². The zero-order valence-electron chi connectivity index (χ0n) is 12.3. The van der Waals surface area contributed by atoms with Crippen molar-refractivity contribution in [2.75, 3.05) is 11.9 Å². The van der Waals surface area contributed by atoms with Crippen LogP contribution in [0, 0.1) is 0 Å². The molecule has 21 heavy (non-hydrogen) atoms. The highest BCUT2D eigenvalue weighted by Crippen LogP contribution is 2.25. The summed E-state index contributed by atoms with van der Waals surface area (Å²) in [6.45, 7) is 2.77. The molecule has 0 saturated carbocycles. The van der Waals surface area contributed by atoms with Gasteiger partial charge in [-0.15, -0.1) is 0 Å². The van der Waals surface area contributed by atoms with E-state index in [4.69, 9.17) is 5.73 Å². The molecule has 2 aliphatic heterocycles. The van der Waals surface area contributed by atoms with E-state index >= 15 is 0 Å². The van der Waals surface area contributed by atoms with Crippen LogP contribution in [0.3, 0.4) is 0 Å². The van der Waals surface area contributed by atoms with Crippen molar-refractivity contribution in [3.63, 3.8) is 0 Å².